The number of aliphatic hydroxyl groups excluding tert-OH is 1. The van der Waals surface area contributed by atoms with Gasteiger partial charge in [0.05, 0.1) is 5.76 Å². The molecule has 42 heavy (non-hydrogen) atoms. The topological polar surface area (TPSA) is 88.9 Å². The van der Waals surface area contributed by atoms with Gasteiger partial charge in [-0.1, -0.05) is 45.0 Å². The van der Waals surface area contributed by atoms with Crippen LogP contribution in [0.4, 0.5) is 0 Å². The smallest absolute Gasteiger partial charge is 0.155 e. The van der Waals surface area contributed by atoms with E-state index in [1.54, 1.807) is 6.20 Å². The van der Waals surface area contributed by atoms with Crippen LogP contribution in [0.1, 0.15) is 40.4 Å². The number of aromatic nitrogens is 4. The molecule has 3 aromatic heterocycles. The Bertz CT molecular complexity index is 1480. The first-order valence-corrected chi connectivity index (χ1v) is 13.2. The molecule has 0 amide bonds. The van der Waals surface area contributed by atoms with E-state index >= 15 is 0 Å². The molecule has 0 aliphatic carbocycles. The summed E-state index contributed by atoms with van der Waals surface area (Å²) in [5.74, 6) is 0.784. The van der Waals surface area contributed by atoms with E-state index in [2.05, 4.69) is 52.8 Å². The van der Waals surface area contributed by atoms with Crippen molar-refractivity contribution in [1.29, 1.82) is 0 Å². The fourth-order valence-corrected chi connectivity index (χ4v) is 3.51. The van der Waals surface area contributed by atoms with Crippen LogP contribution >= 0.6 is 0 Å². The minimum absolute atomic E-state index is 0. The third kappa shape index (κ3) is 11.3. The Hall–Kier alpha value is -4.32. The summed E-state index contributed by atoms with van der Waals surface area (Å²) >= 11 is 0. The third-order valence-electron chi connectivity index (χ3n) is 5.47. The summed E-state index contributed by atoms with van der Waals surface area (Å²) in [6.07, 6.45) is 8.53. The molecule has 3 heterocycles. The number of nitrogens with zero attached hydrogens (tertiary/aromatic N) is 4. The maximum atomic E-state index is 10.0. The Morgan fingerprint density at radius 1 is 0.714 bits per heavy atom. The van der Waals surface area contributed by atoms with Crippen LogP contribution in [0.15, 0.2) is 115 Å². The van der Waals surface area contributed by atoms with Crippen molar-refractivity contribution >= 4 is 5.78 Å². The number of carbonyl (C=O) groups is 1. The Balaban J connectivity index is 0.000000259. The number of rotatable bonds is 4. The summed E-state index contributed by atoms with van der Waals surface area (Å²) in [6, 6.07) is 31.9. The number of hydrogen-bond acceptors (Lipinski definition) is 6. The first-order valence-electron chi connectivity index (χ1n) is 13.2. The fourth-order valence-electron chi connectivity index (χ4n) is 3.51. The summed E-state index contributed by atoms with van der Waals surface area (Å²) in [6.45, 7) is 9.17. The molecule has 0 spiro atoms. The Labute approximate surface area is 262 Å². The molecule has 2 aromatic carbocycles. The predicted molar refractivity (Wildman–Crippen MR) is 164 cm³/mol. The van der Waals surface area contributed by atoms with E-state index in [4.69, 9.17) is 5.11 Å². The molecule has 0 atom stereocenters. The molecular weight excluding hydrogens is 701 g/mol. The van der Waals surface area contributed by atoms with Gasteiger partial charge in [-0.15, -0.1) is 71.8 Å². The van der Waals surface area contributed by atoms with E-state index in [-0.39, 0.29) is 37.1 Å². The van der Waals surface area contributed by atoms with Crippen LogP contribution in [-0.4, -0.2) is 30.8 Å². The van der Waals surface area contributed by atoms with Crippen LogP contribution in [0.5, 0.6) is 0 Å². The standard InChI is InChI=1S/C19H18N3.C11H8N.C5H8O2.Ir/c1-19(2,3)18-21-12-16(13-22-18)15-9-10-17(20-11-15)14-7-5-4-6-8-14;1-2-6-10(7-3-1)11-8-4-5-9-12-11;1-4(6)3-5(2)7;/h4-7,9-13H,1-3H3;1-6,8-9H;3,6H,1-2H3;/q2*-1;;/b;;4-3-;. The molecule has 0 bridgehead atoms. The Morgan fingerprint density at radius 3 is 1.64 bits per heavy atom. The molecule has 0 aliphatic rings. The van der Waals surface area contributed by atoms with Gasteiger partial charge in [0.25, 0.3) is 0 Å². The number of carbonyl (C=O) groups excluding carboxylic acids is 1. The molecule has 7 heteroatoms. The second kappa shape index (κ2) is 16.8. The van der Waals surface area contributed by atoms with E-state index in [0.29, 0.717) is 0 Å². The van der Waals surface area contributed by atoms with Crippen molar-refractivity contribution in [3.05, 3.63) is 133 Å². The van der Waals surface area contributed by atoms with E-state index in [1.807, 2.05) is 97.5 Å². The van der Waals surface area contributed by atoms with Crippen LogP contribution in [-0.2, 0) is 30.3 Å². The Kier molecular flexibility index (Phi) is 13.6. The molecule has 0 unspecified atom stereocenters. The van der Waals surface area contributed by atoms with Crippen molar-refractivity contribution < 1.29 is 30.0 Å². The van der Waals surface area contributed by atoms with Gasteiger partial charge in [-0.25, -0.2) is 9.97 Å². The van der Waals surface area contributed by atoms with Crippen LogP contribution in [0.2, 0.25) is 0 Å². The first kappa shape index (κ1) is 33.9. The van der Waals surface area contributed by atoms with Gasteiger partial charge >= 0.3 is 0 Å². The maximum Gasteiger partial charge on any atom is 0.155 e. The number of hydrogen-bond donors (Lipinski definition) is 1. The van der Waals surface area contributed by atoms with Gasteiger partial charge < -0.3 is 15.1 Å². The van der Waals surface area contributed by atoms with Crippen LogP contribution in [0.3, 0.4) is 0 Å². The van der Waals surface area contributed by atoms with Gasteiger partial charge in [-0.2, -0.15) is 0 Å². The normalized spacial score (nSPS) is 10.6. The summed E-state index contributed by atoms with van der Waals surface area (Å²) in [7, 11) is 0. The Morgan fingerprint density at radius 2 is 1.26 bits per heavy atom. The van der Waals surface area contributed by atoms with Gasteiger partial charge in [0.1, 0.15) is 5.82 Å². The fraction of sp³-hybridized carbons (Fsp3) is 0.171. The molecule has 6 nitrogen and oxygen atoms in total. The summed E-state index contributed by atoms with van der Waals surface area (Å²) in [4.78, 5) is 27.7. The number of ketones is 1. The quantitative estimate of drug-likeness (QED) is 0.115. The molecule has 5 rings (SSSR count). The van der Waals surface area contributed by atoms with Gasteiger partial charge in [0.15, 0.2) is 5.78 Å². The maximum absolute atomic E-state index is 10.0. The average molecular weight is 735 g/mol. The van der Waals surface area contributed by atoms with Crippen molar-refractivity contribution in [2.24, 2.45) is 0 Å². The number of aliphatic hydroxyl groups is 1. The SMILES string of the molecule is CC(=O)/C=C(/C)O.CC(C)(C)c1ncc(-c2ccc(-c3[c-]cccc3)nc2)cn1.[Ir].[c-]1ccccc1-c1ccccn1. The average Bonchev–Trinajstić information content (AvgIpc) is 2.98. The molecule has 1 N–H and O–H groups in total. The van der Waals surface area contributed by atoms with Crippen LogP contribution in [0.25, 0.3) is 33.6 Å². The van der Waals surface area contributed by atoms with E-state index in [0.717, 1.165) is 39.5 Å². The van der Waals surface area contributed by atoms with Gasteiger partial charge in [0, 0.05) is 67.5 Å². The zero-order chi connectivity index (χ0) is 29.7. The summed E-state index contributed by atoms with van der Waals surface area (Å²) in [5, 5.41) is 8.36. The number of allylic oxidation sites excluding steroid dienone is 2. The van der Waals surface area contributed by atoms with Crippen LogP contribution in [0, 0.1) is 12.1 Å². The van der Waals surface area contributed by atoms with Crippen molar-refractivity contribution in [3.8, 4) is 33.6 Å². The number of pyridine rings is 2. The summed E-state index contributed by atoms with van der Waals surface area (Å²) < 4.78 is 0. The first-order chi connectivity index (χ1) is 19.6. The molecule has 217 valence electrons. The van der Waals surface area contributed by atoms with Crippen LogP contribution < -0.4 is 0 Å². The van der Waals surface area contributed by atoms with Crippen molar-refractivity contribution in [3.63, 3.8) is 0 Å². The molecule has 1 radical (unpaired) electrons. The molecule has 0 aliphatic heterocycles. The minimum Gasteiger partial charge on any atom is -0.512 e. The van der Waals surface area contributed by atoms with Crippen molar-refractivity contribution in [2.45, 2.75) is 40.0 Å². The van der Waals surface area contributed by atoms with Gasteiger partial charge in [-0.3, -0.25) is 4.79 Å². The number of benzene rings is 2. The van der Waals surface area contributed by atoms with Crippen molar-refractivity contribution in [2.75, 3.05) is 0 Å². The zero-order valence-electron chi connectivity index (χ0n) is 24.4. The molecule has 0 fully saturated rings. The molecular formula is C35H34IrN4O2-2. The molecule has 5 aromatic rings. The van der Waals surface area contributed by atoms with E-state index in [1.165, 1.54) is 19.9 Å². The molecule has 0 saturated heterocycles. The second-order valence-corrected chi connectivity index (χ2v) is 10.1. The van der Waals surface area contributed by atoms with Crippen molar-refractivity contribution in [1.82, 2.24) is 19.9 Å². The summed E-state index contributed by atoms with van der Waals surface area (Å²) in [5.41, 5.74) is 5.87. The zero-order valence-corrected chi connectivity index (χ0v) is 26.8. The van der Waals surface area contributed by atoms with E-state index in [9.17, 15) is 4.79 Å². The van der Waals surface area contributed by atoms with E-state index < -0.39 is 0 Å². The predicted octanol–water partition coefficient (Wildman–Crippen LogP) is 7.89. The van der Waals surface area contributed by atoms with Gasteiger partial charge in [0.2, 0.25) is 0 Å². The third-order valence-corrected chi connectivity index (χ3v) is 5.47. The molecule has 0 saturated carbocycles. The largest absolute Gasteiger partial charge is 0.512 e. The van der Waals surface area contributed by atoms with Gasteiger partial charge in [-0.05, 0) is 31.3 Å². The monoisotopic (exact) mass is 735 g/mol. The minimum atomic E-state index is -0.125. The second-order valence-electron chi connectivity index (χ2n) is 10.1.